The second-order valence-corrected chi connectivity index (χ2v) is 7.94. The van der Waals surface area contributed by atoms with Gasteiger partial charge in [-0.25, -0.2) is 9.97 Å². The van der Waals surface area contributed by atoms with Crippen LogP contribution in [0.4, 0.5) is 19.1 Å². The van der Waals surface area contributed by atoms with Crippen molar-refractivity contribution in [2.24, 2.45) is 5.73 Å². The van der Waals surface area contributed by atoms with Crippen LogP contribution in [0.15, 0.2) is 36.8 Å². The van der Waals surface area contributed by atoms with Gasteiger partial charge in [0.15, 0.2) is 0 Å². The number of carbonyl (C=O) groups is 2. The molecular weight excluding hydrogens is 439 g/mol. The van der Waals surface area contributed by atoms with E-state index in [9.17, 15) is 22.8 Å². The van der Waals surface area contributed by atoms with Crippen molar-refractivity contribution in [3.63, 3.8) is 0 Å². The summed E-state index contributed by atoms with van der Waals surface area (Å²) in [7, 11) is 1.71. The van der Waals surface area contributed by atoms with Gasteiger partial charge in [-0.05, 0) is 12.5 Å². The van der Waals surface area contributed by atoms with Crippen LogP contribution in [-0.2, 0) is 17.5 Å². The van der Waals surface area contributed by atoms with Gasteiger partial charge >= 0.3 is 6.18 Å². The van der Waals surface area contributed by atoms with Crippen molar-refractivity contribution in [3.8, 4) is 0 Å². The van der Waals surface area contributed by atoms with E-state index in [1.165, 1.54) is 0 Å². The van der Waals surface area contributed by atoms with Gasteiger partial charge < -0.3 is 15.5 Å². The van der Waals surface area contributed by atoms with E-state index >= 15 is 0 Å². The number of carbonyl (C=O) groups excluding carboxylic acids is 2. The molecule has 12 heteroatoms. The average molecular weight is 461 g/mol. The molecule has 1 aliphatic heterocycles. The first kappa shape index (κ1) is 22.5. The highest BCUT2D eigenvalue weighted by molar-refractivity contribution is 6.04. The highest BCUT2D eigenvalue weighted by atomic mass is 19.4. The number of nitrogens with zero attached hydrogens (tertiary/aromatic N) is 6. The Labute approximate surface area is 187 Å². The minimum absolute atomic E-state index is 0.0393. The van der Waals surface area contributed by atoms with Crippen LogP contribution in [0.25, 0.3) is 10.9 Å². The smallest absolute Gasteiger partial charge is 0.366 e. The first-order valence-corrected chi connectivity index (χ1v) is 10.3. The number of aryl methyl sites for hydroxylation is 1. The summed E-state index contributed by atoms with van der Waals surface area (Å²) in [6.45, 7) is 1.41. The van der Waals surface area contributed by atoms with Crippen LogP contribution in [0.2, 0.25) is 0 Å². The third-order valence-electron chi connectivity index (χ3n) is 5.68. The standard InChI is InChI=1S/C21H22F3N7O2/c1-29(15-11-30(12-15)20-26-8-14(9-27-20)21(22,23)24)17(32)6-3-7-31-10-13-4-2-5-16(19(25)33)18(13)28-31/h2,4-5,8-10,15H,3,6-7,11-12H2,1H3,(H2,25,33). The largest absolute Gasteiger partial charge is 0.419 e. The van der Waals surface area contributed by atoms with Gasteiger partial charge in [-0.2, -0.15) is 18.3 Å². The van der Waals surface area contributed by atoms with Crippen molar-refractivity contribution in [2.75, 3.05) is 25.0 Å². The van der Waals surface area contributed by atoms with E-state index in [0.717, 1.165) is 17.8 Å². The molecular formula is C21H22F3N7O2. The molecule has 0 radical (unpaired) electrons. The number of fused-ring (bicyclic) bond motifs is 1. The lowest BCUT2D eigenvalue weighted by molar-refractivity contribution is -0.138. The van der Waals surface area contributed by atoms with E-state index in [-0.39, 0.29) is 17.9 Å². The number of hydrogen-bond donors (Lipinski definition) is 1. The Morgan fingerprint density at radius 3 is 2.55 bits per heavy atom. The highest BCUT2D eigenvalue weighted by Crippen LogP contribution is 2.29. The highest BCUT2D eigenvalue weighted by Gasteiger charge is 2.35. The van der Waals surface area contributed by atoms with Crippen LogP contribution < -0.4 is 10.6 Å². The van der Waals surface area contributed by atoms with Crippen LogP contribution >= 0.6 is 0 Å². The predicted molar refractivity (Wildman–Crippen MR) is 113 cm³/mol. The lowest BCUT2D eigenvalue weighted by Gasteiger charge is -2.44. The van der Waals surface area contributed by atoms with Gasteiger partial charge in [-0.15, -0.1) is 0 Å². The number of benzene rings is 1. The molecule has 174 valence electrons. The maximum absolute atomic E-state index is 12.6. The molecule has 9 nitrogen and oxygen atoms in total. The molecule has 4 rings (SSSR count). The maximum atomic E-state index is 12.6. The zero-order valence-electron chi connectivity index (χ0n) is 17.8. The summed E-state index contributed by atoms with van der Waals surface area (Å²) in [4.78, 5) is 35.0. The van der Waals surface area contributed by atoms with Gasteiger partial charge in [0.1, 0.15) is 5.52 Å². The Balaban J connectivity index is 1.26. The quantitative estimate of drug-likeness (QED) is 0.577. The fourth-order valence-corrected chi connectivity index (χ4v) is 3.68. The zero-order chi connectivity index (χ0) is 23.8. The number of halogens is 3. The SMILES string of the molecule is CN(C(=O)CCCn1cc2cccc(C(N)=O)c2n1)C1CN(c2ncc(C(F)(F)F)cn2)C1. The molecule has 1 saturated heterocycles. The van der Waals surface area contributed by atoms with Crippen LogP contribution in [0.1, 0.15) is 28.8 Å². The van der Waals surface area contributed by atoms with E-state index in [1.807, 2.05) is 12.3 Å². The summed E-state index contributed by atoms with van der Waals surface area (Å²) in [5.74, 6) is -0.373. The molecule has 2 aromatic heterocycles. The van der Waals surface area contributed by atoms with Crippen molar-refractivity contribution in [1.29, 1.82) is 0 Å². The molecule has 1 aliphatic rings. The van der Waals surface area contributed by atoms with Crippen molar-refractivity contribution in [1.82, 2.24) is 24.6 Å². The molecule has 1 aromatic carbocycles. The van der Waals surface area contributed by atoms with E-state index in [0.29, 0.717) is 43.6 Å². The van der Waals surface area contributed by atoms with Crippen LogP contribution in [-0.4, -0.2) is 62.6 Å². The number of hydrogen-bond acceptors (Lipinski definition) is 6. The van der Waals surface area contributed by atoms with Gasteiger partial charge in [0.2, 0.25) is 11.9 Å². The van der Waals surface area contributed by atoms with Crippen molar-refractivity contribution in [3.05, 3.63) is 47.9 Å². The number of rotatable bonds is 7. The minimum Gasteiger partial charge on any atom is -0.366 e. The Bertz CT molecular complexity index is 1170. The minimum atomic E-state index is -4.48. The first-order valence-electron chi connectivity index (χ1n) is 10.3. The Kier molecular flexibility index (Phi) is 5.91. The van der Waals surface area contributed by atoms with E-state index < -0.39 is 17.6 Å². The Morgan fingerprint density at radius 1 is 1.21 bits per heavy atom. The van der Waals surface area contributed by atoms with E-state index in [4.69, 9.17) is 5.73 Å². The van der Waals surface area contributed by atoms with Crippen LogP contribution in [0, 0.1) is 0 Å². The predicted octanol–water partition coefficient (Wildman–Crippen LogP) is 2.07. The summed E-state index contributed by atoms with van der Waals surface area (Å²) in [6.07, 6.45) is -0.283. The van der Waals surface area contributed by atoms with Crippen molar-refractivity contribution >= 4 is 28.7 Å². The zero-order valence-corrected chi connectivity index (χ0v) is 17.8. The number of likely N-dealkylation sites (N-methyl/N-ethyl adjacent to an activating group) is 1. The lowest BCUT2D eigenvalue weighted by atomic mass is 10.1. The Morgan fingerprint density at radius 2 is 1.91 bits per heavy atom. The van der Waals surface area contributed by atoms with Gasteiger partial charge in [0, 0.05) is 57.1 Å². The fourth-order valence-electron chi connectivity index (χ4n) is 3.68. The molecule has 0 bridgehead atoms. The summed E-state index contributed by atoms with van der Waals surface area (Å²) >= 11 is 0. The molecule has 3 heterocycles. The van der Waals surface area contributed by atoms with E-state index in [1.54, 1.807) is 33.7 Å². The van der Waals surface area contributed by atoms with Crippen LogP contribution in [0.3, 0.4) is 0 Å². The second kappa shape index (κ2) is 8.68. The molecule has 0 atom stereocenters. The number of amides is 2. The molecule has 33 heavy (non-hydrogen) atoms. The van der Waals surface area contributed by atoms with Crippen molar-refractivity contribution in [2.45, 2.75) is 31.6 Å². The van der Waals surface area contributed by atoms with Gasteiger partial charge in [0.05, 0.1) is 17.2 Å². The number of primary amides is 1. The molecule has 2 amide bonds. The lowest BCUT2D eigenvalue weighted by Crippen LogP contribution is -2.60. The maximum Gasteiger partial charge on any atom is 0.419 e. The molecule has 2 N–H and O–H groups in total. The molecule has 1 fully saturated rings. The average Bonchev–Trinajstić information content (AvgIpc) is 3.15. The number of anilines is 1. The van der Waals surface area contributed by atoms with E-state index in [2.05, 4.69) is 15.1 Å². The number of aromatic nitrogens is 4. The molecule has 0 unspecified atom stereocenters. The van der Waals surface area contributed by atoms with Crippen LogP contribution in [0.5, 0.6) is 0 Å². The second-order valence-electron chi connectivity index (χ2n) is 7.94. The summed E-state index contributed by atoms with van der Waals surface area (Å²) in [5.41, 5.74) is 5.38. The number of nitrogens with two attached hydrogens (primary N) is 1. The van der Waals surface area contributed by atoms with Crippen molar-refractivity contribution < 1.29 is 22.8 Å². The molecule has 0 saturated carbocycles. The third kappa shape index (κ3) is 4.73. The third-order valence-corrected chi connectivity index (χ3v) is 5.68. The fraction of sp³-hybridized carbons (Fsp3) is 0.381. The van der Waals surface area contributed by atoms with Gasteiger partial charge in [-0.3, -0.25) is 14.3 Å². The molecule has 0 spiro atoms. The van der Waals surface area contributed by atoms with Gasteiger partial charge in [0.25, 0.3) is 5.91 Å². The van der Waals surface area contributed by atoms with Gasteiger partial charge in [-0.1, -0.05) is 12.1 Å². The first-order chi connectivity index (χ1) is 15.6. The normalized spacial score (nSPS) is 14.4. The number of alkyl halides is 3. The summed E-state index contributed by atoms with van der Waals surface area (Å²) < 4.78 is 39.6. The monoisotopic (exact) mass is 461 g/mol. The molecule has 3 aromatic rings. The summed E-state index contributed by atoms with van der Waals surface area (Å²) in [5, 5.41) is 5.20. The Hall–Kier alpha value is -3.70. The molecule has 0 aliphatic carbocycles. The topological polar surface area (TPSA) is 110 Å². The summed E-state index contributed by atoms with van der Waals surface area (Å²) in [6, 6.07) is 5.14.